The molecule has 4 N–H and O–H groups in total. The summed E-state index contributed by atoms with van der Waals surface area (Å²) in [5.41, 5.74) is -3.04. The molecule has 9 nitrogen and oxygen atoms in total. The maximum atomic E-state index is 13.4. The molecule has 0 unspecified atom stereocenters. The standard InChI is InChI=1S/C24H26ClF3N4O5/c1-11-8-12(19(34)29-11)9-17(18(33)21(36)30-14-3-4-14)31-20(35)15-10-13(25)2-5-16(15)32-22(37)23(6-7-23)24(26,27)28/h2,5,10-12,14,17H,3-4,6-9H2,1H3,(H,29,34)(H,30,36)(H,31,35)(H,32,37)/t11-,12+,17+/m1/s1. The number of Topliss-reactive ketones (excluding diaryl/α,β-unsaturated/α-hetero) is 1. The largest absolute Gasteiger partial charge is 0.403 e. The number of halogens is 4. The predicted molar refractivity (Wildman–Crippen MR) is 126 cm³/mol. The zero-order valence-electron chi connectivity index (χ0n) is 19.8. The number of ketones is 1. The molecule has 13 heteroatoms. The number of alkyl halides is 3. The van der Waals surface area contributed by atoms with E-state index in [-0.39, 0.29) is 53.5 Å². The van der Waals surface area contributed by atoms with Gasteiger partial charge in [0.05, 0.1) is 17.3 Å². The first-order chi connectivity index (χ1) is 17.3. The Hall–Kier alpha value is -3.15. The van der Waals surface area contributed by atoms with Gasteiger partial charge in [-0.15, -0.1) is 0 Å². The summed E-state index contributed by atoms with van der Waals surface area (Å²) < 4.78 is 40.2. The highest BCUT2D eigenvalue weighted by Crippen LogP contribution is 2.58. The lowest BCUT2D eigenvalue weighted by molar-refractivity contribution is -0.189. The Morgan fingerprint density at radius 1 is 1.19 bits per heavy atom. The first-order valence-electron chi connectivity index (χ1n) is 11.9. The zero-order valence-corrected chi connectivity index (χ0v) is 20.6. The van der Waals surface area contributed by atoms with E-state index in [2.05, 4.69) is 21.3 Å². The highest BCUT2D eigenvalue weighted by Gasteiger charge is 2.68. The van der Waals surface area contributed by atoms with Crippen LogP contribution in [0.2, 0.25) is 5.02 Å². The van der Waals surface area contributed by atoms with Crippen molar-refractivity contribution in [3.8, 4) is 0 Å². The van der Waals surface area contributed by atoms with Gasteiger partial charge in [-0.1, -0.05) is 11.6 Å². The lowest BCUT2D eigenvalue weighted by atomic mass is 9.93. The summed E-state index contributed by atoms with van der Waals surface area (Å²) in [6.45, 7) is 1.78. The lowest BCUT2D eigenvalue weighted by Crippen LogP contribution is -2.49. The maximum Gasteiger partial charge on any atom is 0.403 e. The monoisotopic (exact) mass is 542 g/mol. The molecule has 0 radical (unpaired) electrons. The summed E-state index contributed by atoms with van der Waals surface area (Å²) in [6, 6.07) is 1.94. The Morgan fingerprint density at radius 3 is 2.41 bits per heavy atom. The Balaban J connectivity index is 1.55. The van der Waals surface area contributed by atoms with Crippen molar-refractivity contribution in [1.29, 1.82) is 0 Å². The van der Waals surface area contributed by atoms with Gasteiger partial charge in [0, 0.05) is 23.0 Å². The van der Waals surface area contributed by atoms with Gasteiger partial charge in [-0.3, -0.25) is 24.0 Å². The van der Waals surface area contributed by atoms with E-state index in [1.807, 2.05) is 0 Å². The average molecular weight is 543 g/mol. The second-order valence-electron chi connectivity index (χ2n) is 9.94. The van der Waals surface area contributed by atoms with E-state index < -0.39 is 47.1 Å². The molecule has 37 heavy (non-hydrogen) atoms. The van der Waals surface area contributed by atoms with Crippen molar-refractivity contribution in [3.63, 3.8) is 0 Å². The molecule has 200 valence electrons. The van der Waals surface area contributed by atoms with E-state index >= 15 is 0 Å². The van der Waals surface area contributed by atoms with Crippen molar-refractivity contribution in [2.24, 2.45) is 11.3 Å². The quantitative estimate of drug-likeness (QED) is 0.356. The first kappa shape index (κ1) is 26.9. The summed E-state index contributed by atoms with van der Waals surface area (Å²) in [4.78, 5) is 63.4. The van der Waals surface area contributed by atoms with Crippen molar-refractivity contribution in [2.45, 2.75) is 69.8 Å². The molecule has 2 aliphatic carbocycles. The van der Waals surface area contributed by atoms with Crippen LogP contribution in [-0.4, -0.2) is 53.7 Å². The van der Waals surface area contributed by atoms with E-state index in [1.165, 1.54) is 12.1 Å². The molecule has 3 aliphatic rings. The summed E-state index contributed by atoms with van der Waals surface area (Å²) in [5.74, 6) is -5.06. The Bertz CT molecular complexity index is 1150. The number of anilines is 1. The van der Waals surface area contributed by atoms with E-state index in [0.29, 0.717) is 6.42 Å². The molecule has 3 atom stereocenters. The van der Waals surface area contributed by atoms with Crippen LogP contribution in [-0.2, 0) is 19.2 Å². The van der Waals surface area contributed by atoms with E-state index in [0.717, 1.165) is 18.9 Å². The van der Waals surface area contributed by atoms with Gasteiger partial charge >= 0.3 is 6.18 Å². The highest BCUT2D eigenvalue weighted by atomic mass is 35.5. The van der Waals surface area contributed by atoms with Crippen LogP contribution in [0.15, 0.2) is 18.2 Å². The van der Waals surface area contributed by atoms with Gasteiger partial charge < -0.3 is 21.3 Å². The van der Waals surface area contributed by atoms with Crippen molar-refractivity contribution in [1.82, 2.24) is 16.0 Å². The molecule has 1 aliphatic heterocycles. The van der Waals surface area contributed by atoms with Crippen molar-refractivity contribution >= 4 is 46.7 Å². The van der Waals surface area contributed by atoms with Crippen molar-refractivity contribution in [3.05, 3.63) is 28.8 Å². The van der Waals surface area contributed by atoms with Gasteiger partial charge in [-0.2, -0.15) is 13.2 Å². The first-order valence-corrected chi connectivity index (χ1v) is 12.3. The van der Waals surface area contributed by atoms with Gasteiger partial charge in [0.1, 0.15) is 5.41 Å². The molecule has 3 fully saturated rings. The number of hydrogen-bond acceptors (Lipinski definition) is 5. The molecule has 0 spiro atoms. The molecular formula is C24H26ClF3N4O5. The topological polar surface area (TPSA) is 133 Å². The molecule has 0 aromatic heterocycles. The minimum absolute atomic E-state index is 0.0541. The molecule has 1 aromatic carbocycles. The number of benzene rings is 1. The normalized spacial score (nSPS) is 23.0. The zero-order chi connectivity index (χ0) is 27.1. The lowest BCUT2D eigenvalue weighted by Gasteiger charge is -2.22. The predicted octanol–water partition coefficient (Wildman–Crippen LogP) is 2.48. The van der Waals surface area contributed by atoms with Crippen LogP contribution in [0.3, 0.4) is 0 Å². The molecule has 1 aromatic rings. The molecule has 2 saturated carbocycles. The molecule has 1 heterocycles. The number of carbonyl (C=O) groups excluding carboxylic acids is 5. The SMILES string of the molecule is C[C@@H]1C[C@@H](C[C@H](NC(=O)c2cc(Cl)ccc2NC(=O)C2(C(F)(F)F)CC2)C(=O)C(=O)NC2CC2)C(=O)N1. The Labute approximate surface area is 215 Å². The van der Waals surface area contributed by atoms with Gasteiger partial charge in [-0.25, -0.2) is 0 Å². The summed E-state index contributed by atoms with van der Waals surface area (Å²) >= 11 is 6.00. The summed E-state index contributed by atoms with van der Waals surface area (Å²) in [7, 11) is 0. The number of carbonyl (C=O) groups is 5. The minimum Gasteiger partial charge on any atom is -0.353 e. The highest BCUT2D eigenvalue weighted by molar-refractivity contribution is 6.38. The van der Waals surface area contributed by atoms with Crippen LogP contribution >= 0.6 is 11.6 Å². The molecule has 1 saturated heterocycles. The second-order valence-corrected chi connectivity index (χ2v) is 10.4. The van der Waals surface area contributed by atoms with Crippen LogP contribution in [0, 0.1) is 11.3 Å². The van der Waals surface area contributed by atoms with Crippen LogP contribution in [0.5, 0.6) is 0 Å². The Kier molecular flexibility index (Phi) is 7.24. The second kappa shape index (κ2) is 9.96. The molecule has 4 amide bonds. The number of rotatable bonds is 9. The third-order valence-electron chi connectivity index (χ3n) is 6.88. The average Bonchev–Trinajstić information content (AvgIpc) is 3.72. The van der Waals surface area contributed by atoms with Gasteiger partial charge in [-0.05, 0) is 63.6 Å². The van der Waals surface area contributed by atoms with Crippen LogP contribution in [0.25, 0.3) is 0 Å². The van der Waals surface area contributed by atoms with E-state index in [4.69, 9.17) is 11.6 Å². The summed E-state index contributed by atoms with van der Waals surface area (Å²) in [5, 5.41) is 9.92. The number of amides is 4. The Morgan fingerprint density at radius 2 is 1.86 bits per heavy atom. The third kappa shape index (κ3) is 5.89. The molecule has 4 rings (SSSR count). The fourth-order valence-electron chi connectivity index (χ4n) is 4.37. The van der Waals surface area contributed by atoms with Crippen molar-refractivity contribution < 1.29 is 37.1 Å². The maximum absolute atomic E-state index is 13.4. The van der Waals surface area contributed by atoms with Crippen LogP contribution < -0.4 is 21.3 Å². The van der Waals surface area contributed by atoms with E-state index in [9.17, 15) is 37.1 Å². The summed E-state index contributed by atoms with van der Waals surface area (Å²) in [6.07, 6.45) is -3.80. The minimum atomic E-state index is -4.75. The van der Waals surface area contributed by atoms with Gasteiger partial charge in [0.2, 0.25) is 17.6 Å². The van der Waals surface area contributed by atoms with E-state index in [1.54, 1.807) is 6.92 Å². The third-order valence-corrected chi connectivity index (χ3v) is 7.11. The van der Waals surface area contributed by atoms with Gasteiger partial charge in [0.25, 0.3) is 11.8 Å². The fourth-order valence-corrected chi connectivity index (χ4v) is 4.54. The molecule has 0 bridgehead atoms. The van der Waals surface area contributed by atoms with Crippen molar-refractivity contribution in [2.75, 3.05) is 5.32 Å². The smallest absolute Gasteiger partial charge is 0.353 e. The fraction of sp³-hybridized carbons (Fsp3) is 0.542. The van der Waals surface area contributed by atoms with Gasteiger partial charge in [0.15, 0.2) is 0 Å². The number of hydrogen-bond donors (Lipinski definition) is 4. The van der Waals surface area contributed by atoms with Crippen LogP contribution in [0.4, 0.5) is 18.9 Å². The number of nitrogens with one attached hydrogen (secondary N) is 4. The van der Waals surface area contributed by atoms with Crippen LogP contribution in [0.1, 0.15) is 55.8 Å². The molecular weight excluding hydrogens is 517 g/mol.